The van der Waals surface area contributed by atoms with Gasteiger partial charge < -0.3 is 15.4 Å². The predicted molar refractivity (Wildman–Crippen MR) is 113 cm³/mol. The number of ether oxygens (including phenoxy) is 1. The van der Waals surface area contributed by atoms with Crippen molar-refractivity contribution in [2.45, 2.75) is 51.6 Å². The smallest absolute Gasteiger partial charge is 0.345 e. The molecule has 1 aromatic carbocycles. The molecule has 1 aromatic heterocycles. The minimum Gasteiger partial charge on any atom is -0.493 e. The molecule has 0 spiro atoms. The number of guanidine groups is 1. The number of aryl methyl sites for hydroxylation is 2. The summed E-state index contributed by atoms with van der Waals surface area (Å²) in [5, 5.41) is 11.2. The lowest BCUT2D eigenvalue weighted by atomic mass is 10.1. The van der Waals surface area contributed by atoms with Crippen LogP contribution in [0.2, 0.25) is 0 Å². The molecule has 0 saturated carbocycles. The first-order chi connectivity index (χ1) is 14.2. The Morgan fingerprint density at radius 2 is 2.14 bits per heavy atom. The van der Waals surface area contributed by atoms with Crippen LogP contribution in [0, 0.1) is 0 Å². The molecular formula is C21H30N6O2. The van der Waals surface area contributed by atoms with Gasteiger partial charge in [-0.15, -0.1) is 0 Å². The monoisotopic (exact) mass is 398 g/mol. The summed E-state index contributed by atoms with van der Waals surface area (Å²) in [5.41, 5.74) is 2.64. The topological polar surface area (TPSA) is 85.5 Å². The molecule has 2 N–H and O–H groups in total. The zero-order chi connectivity index (χ0) is 20.1. The van der Waals surface area contributed by atoms with Crippen molar-refractivity contribution in [2.75, 3.05) is 26.7 Å². The van der Waals surface area contributed by atoms with Crippen molar-refractivity contribution in [3.05, 3.63) is 45.6 Å². The molecule has 4 rings (SSSR count). The highest BCUT2D eigenvalue weighted by atomic mass is 16.5. The van der Waals surface area contributed by atoms with Gasteiger partial charge in [0.2, 0.25) is 0 Å². The molecule has 0 saturated heterocycles. The van der Waals surface area contributed by atoms with Gasteiger partial charge in [0.1, 0.15) is 11.6 Å². The molecule has 2 aromatic rings. The second-order valence-corrected chi connectivity index (χ2v) is 7.60. The van der Waals surface area contributed by atoms with Crippen LogP contribution in [-0.4, -0.2) is 47.1 Å². The molecule has 0 fully saturated rings. The van der Waals surface area contributed by atoms with Crippen molar-refractivity contribution in [3.63, 3.8) is 0 Å². The summed E-state index contributed by atoms with van der Waals surface area (Å²) < 4.78 is 8.99. The van der Waals surface area contributed by atoms with E-state index in [1.165, 1.54) is 11.1 Å². The van der Waals surface area contributed by atoms with Crippen LogP contribution < -0.4 is 21.1 Å². The quantitative estimate of drug-likeness (QED) is 0.415. The SMILES string of the molecule is CN=C(NCCCn1nc2n(c1=O)CCCC2)NCCc1ccc2c(c1)CCO2. The molecule has 2 aliphatic heterocycles. The summed E-state index contributed by atoms with van der Waals surface area (Å²) >= 11 is 0. The van der Waals surface area contributed by atoms with Gasteiger partial charge in [0.15, 0.2) is 5.96 Å². The van der Waals surface area contributed by atoms with Gasteiger partial charge in [-0.2, -0.15) is 5.10 Å². The van der Waals surface area contributed by atoms with Gasteiger partial charge in [0.05, 0.1) is 6.61 Å². The Hall–Kier alpha value is -2.77. The van der Waals surface area contributed by atoms with Crippen LogP contribution in [0.3, 0.4) is 0 Å². The molecule has 0 unspecified atom stereocenters. The van der Waals surface area contributed by atoms with Crippen LogP contribution in [0.15, 0.2) is 28.0 Å². The van der Waals surface area contributed by atoms with Crippen LogP contribution in [0.5, 0.6) is 5.75 Å². The van der Waals surface area contributed by atoms with Gasteiger partial charge in [0.25, 0.3) is 0 Å². The molecule has 0 radical (unpaired) electrons. The van der Waals surface area contributed by atoms with E-state index in [0.717, 1.165) is 82.3 Å². The van der Waals surface area contributed by atoms with Crippen molar-refractivity contribution in [1.29, 1.82) is 0 Å². The van der Waals surface area contributed by atoms with Crippen LogP contribution in [0.1, 0.15) is 36.2 Å². The average molecular weight is 399 g/mol. The fourth-order valence-corrected chi connectivity index (χ4v) is 3.97. The van der Waals surface area contributed by atoms with E-state index in [-0.39, 0.29) is 5.69 Å². The maximum Gasteiger partial charge on any atom is 0.345 e. The van der Waals surface area contributed by atoms with E-state index >= 15 is 0 Å². The molecule has 29 heavy (non-hydrogen) atoms. The molecular weight excluding hydrogens is 368 g/mol. The largest absolute Gasteiger partial charge is 0.493 e. The predicted octanol–water partition coefficient (Wildman–Crippen LogP) is 1.11. The highest BCUT2D eigenvalue weighted by molar-refractivity contribution is 5.79. The number of fused-ring (bicyclic) bond motifs is 2. The minimum absolute atomic E-state index is 0.0296. The first-order valence-corrected chi connectivity index (χ1v) is 10.6. The van der Waals surface area contributed by atoms with Crippen LogP contribution >= 0.6 is 0 Å². The van der Waals surface area contributed by atoms with Crippen LogP contribution in [0.4, 0.5) is 0 Å². The Kier molecular flexibility index (Phi) is 6.17. The third kappa shape index (κ3) is 4.63. The molecule has 0 aliphatic carbocycles. The van der Waals surface area contributed by atoms with E-state index in [4.69, 9.17) is 4.74 Å². The van der Waals surface area contributed by atoms with Gasteiger partial charge in [-0.05, 0) is 42.9 Å². The Balaban J connectivity index is 1.18. The molecule has 0 atom stereocenters. The fraction of sp³-hybridized carbons (Fsp3) is 0.571. The number of rotatable bonds is 7. The normalized spacial score (nSPS) is 15.6. The van der Waals surface area contributed by atoms with E-state index in [0.29, 0.717) is 6.54 Å². The Labute approximate surface area is 171 Å². The number of nitrogens with one attached hydrogen (secondary N) is 2. The van der Waals surface area contributed by atoms with Gasteiger partial charge in [-0.1, -0.05) is 12.1 Å². The van der Waals surface area contributed by atoms with Crippen molar-refractivity contribution in [3.8, 4) is 5.75 Å². The van der Waals surface area contributed by atoms with E-state index in [1.54, 1.807) is 11.7 Å². The van der Waals surface area contributed by atoms with Crippen molar-refractivity contribution in [1.82, 2.24) is 25.0 Å². The lowest BCUT2D eigenvalue weighted by Crippen LogP contribution is -2.39. The van der Waals surface area contributed by atoms with E-state index in [9.17, 15) is 4.79 Å². The number of hydrogen-bond donors (Lipinski definition) is 2. The molecule has 3 heterocycles. The Bertz CT molecular complexity index is 930. The van der Waals surface area contributed by atoms with Crippen LogP contribution in [-0.2, 0) is 32.4 Å². The summed E-state index contributed by atoms with van der Waals surface area (Å²) in [5.74, 6) is 2.74. The fourth-order valence-electron chi connectivity index (χ4n) is 3.97. The Morgan fingerprint density at radius 3 is 3.00 bits per heavy atom. The summed E-state index contributed by atoms with van der Waals surface area (Å²) in [6.07, 6.45) is 5.86. The molecule has 8 heteroatoms. The van der Waals surface area contributed by atoms with E-state index in [2.05, 4.69) is 38.9 Å². The summed E-state index contributed by atoms with van der Waals surface area (Å²) in [4.78, 5) is 16.6. The maximum atomic E-state index is 12.3. The van der Waals surface area contributed by atoms with Crippen LogP contribution in [0.25, 0.3) is 0 Å². The number of hydrogen-bond acceptors (Lipinski definition) is 4. The molecule has 156 valence electrons. The molecule has 0 amide bonds. The highest BCUT2D eigenvalue weighted by Crippen LogP contribution is 2.25. The summed E-state index contributed by atoms with van der Waals surface area (Å²) in [6, 6.07) is 6.44. The number of nitrogens with zero attached hydrogens (tertiary/aromatic N) is 4. The number of benzene rings is 1. The van der Waals surface area contributed by atoms with Crippen molar-refractivity contribution < 1.29 is 4.74 Å². The minimum atomic E-state index is 0.0296. The molecule has 2 aliphatic rings. The molecule has 0 bridgehead atoms. The third-order valence-corrected chi connectivity index (χ3v) is 5.55. The average Bonchev–Trinajstić information content (AvgIpc) is 3.34. The maximum absolute atomic E-state index is 12.3. The van der Waals surface area contributed by atoms with Crippen molar-refractivity contribution >= 4 is 5.96 Å². The van der Waals surface area contributed by atoms with Crippen molar-refractivity contribution in [2.24, 2.45) is 4.99 Å². The van der Waals surface area contributed by atoms with Gasteiger partial charge in [0, 0.05) is 46.1 Å². The number of aliphatic imine (C=N–C) groups is 1. The van der Waals surface area contributed by atoms with E-state index in [1.807, 2.05) is 4.57 Å². The third-order valence-electron chi connectivity index (χ3n) is 5.55. The van der Waals surface area contributed by atoms with E-state index < -0.39 is 0 Å². The zero-order valence-electron chi connectivity index (χ0n) is 17.1. The van der Waals surface area contributed by atoms with Gasteiger partial charge >= 0.3 is 5.69 Å². The molecule has 8 nitrogen and oxygen atoms in total. The first-order valence-electron chi connectivity index (χ1n) is 10.6. The standard InChI is InChI=1S/C21H30N6O2/c1-22-20(24-11-8-16-6-7-18-17(15-16)9-14-29-18)23-10-4-13-27-21(28)26-12-3-2-5-19(26)25-27/h6-7,15H,2-5,8-14H2,1H3,(H2,22,23,24). The summed E-state index contributed by atoms with van der Waals surface area (Å²) in [7, 11) is 1.77. The van der Waals surface area contributed by atoms with Gasteiger partial charge in [-0.3, -0.25) is 9.56 Å². The lowest BCUT2D eigenvalue weighted by molar-refractivity contribution is 0.357. The summed E-state index contributed by atoms with van der Waals surface area (Å²) in [6.45, 7) is 3.78. The highest BCUT2D eigenvalue weighted by Gasteiger charge is 2.16. The lowest BCUT2D eigenvalue weighted by Gasteiger charge is -2.12. The Morgan fingerprint density at radius 1 is 1.24 bits per heavy atom. The second kappa shape index (κ2) is 9.15. The first kappa shape index (κ1) is 19.5. The van der Waals surface area contributed by atoms with Gasteiger partial charge in [-0.25, -0.2) is 9.48 Å². The zero-order valence-corrected chi connectivity index (χ0v) is 17.1. The second-order valence-electron chi connectivity index (χ2n) is 7.60. The number of aromatic nitrogens is 3.